The second-order valence-corrected chi connectivity index (χ2v) is 19.8. The minimum atomic E-state index is -1.06. The van der Waals surface area contributed by atoms with Gasteiger partial charge in [0.2, 0.25) is 0 Å². The van der Waals surface area contributed by atoms with Crippen molar-refractivity contribution in [2.45, 2.75) is 177 Å². The van der Waals surface area contributed by atoms with Gasteiger partial charge >= 0.3 is 24.1 Å². The van der Waals surface area contributed by atoms with Crippen LogP contribution in [0.15, 0.2) is 205 Å². The molecule has 0 radical (unpaired) electrons. The number of carbonyl (C=O) groups is 8. The second kappa shape index (κ2) is 53.1. The van der Waals surface area contributed by atoms with Crippen LogP contribution >= 0.6 is 0 Å². The summed E-state index contributed by atoms with van der Waals surface area (Å²) in [6.45, 7) is 14.9. The number of carbonyl (C=O) groups excluding carboxylic acids is 8. The van der Waals surface area contributed by atoms with E-state index in [9.17, 15) is 43.5 Å². The number of amides is 6. The number of nitrogens with zero attached hydrogens (tertiary/aromatic N) is 3. The van der Waals surface area contributed by atoms with Crippen molar-refractivity contribution < 1.29 is 62.4 Å². The maximum absolute atomic E-state index is 12.8. The number of hydrogen-bond acceptors (Lipinski definition) is 13. The van der Waals surface area contributed by atoms with E-state index < -0.39 is 48.1 Å². The number of hydrogen-bond donors (Lipinski definition) is 2. The zero-order valence-electron chi connectivity index (χ0n) is 53.3. The molecule has 0 saturated carbocycles. The molecule has 488 valence electrons. The summed E-state index contributed by atoms with van der Waals surface area (Å²) in [6.07, 6.45) is 59.0. The Bertz CT molecular complexity index is 2790. The van der Waals surface area contributed by atoms with Crippen LogP contribution in [0.5, 0.6) is 0 Å². The molecule has 0 bridgehead atoms. The van der Waals surface area contributed by atoms with E-state index in [0.717, 1.165) is 75.5 Å². The second-order valence-electron chi connectivity index (χ2n) is 19.8. The maximum atomic E-state index is 12.8. The molecule has 2 aliphatic heterocycles. The summed E-state index contributed by atoms with van der Waals surface area (Å²) in [6, 6.07) is 12.4. The molecule has 2 aliphatic rings. The molecule has 6 amide bonds. The molecule has 2 aromatic rings. The van der Waals surface area contributed by atoms with Crippen molar-refractivity contribution in [1.82, 2.24) is 10.2 Å². The number of azo groups is 1. The first-order chi connectivity index (χ1) is 43.0. The van der Waals surface area contributed by atoms with Gasteiger partial charge in [0, 0.05) is 6.42 Å². The Morgan fingerprint density at radius 3 is 1.01 bits per heavy atom. The summed E-state index contributed by atoms with van der Waals surface area (Å²) in [7, 11) is 0. The first-order valence-corrected chi connectivity index (χ1v) is 30.6. The standard InChI is InChI=1S/C32H39NO4.C24H36O3.C8H14N2O4.C8H5NO2.CH4/c1-3-5-6-7-8-9-10-11-12-13-14-15-16-17-18-19-20-21-26-29(32(36)37-4-2)33-30(34)27-24-22-23-25-28(27)31(33)35;1-3-5-6-7-8-9-10-11-12-13-14-15-16-17-18-19-20-21-22-23(25)24(26)27-4-2;1-5(2)13-7(11)9-10-8(12)14-6(3)4;10-7-5-3-1-2-4-6(5)8(11)9-7;/h5-6,8-9,11-12,14-15,17-18,20-25,29H,3-4,7,10,13,16,19,26H2,1-2H3;5-6,8-9,11-12,14-15,17-18,20-21,23,25H,3-4,7,10,13,16,19,22H2,1-2H3;5-6H,1-4H3;1-4H,(H,9,10,11);1H4/b2*6-5-,9-8-,12-11-,15-14-,18-17-,21-20-;;;. The fraction of sp³-hybridized carbons (Fsp3) is 0.397. The Balaban J connectivity index is 0.00000129. The molecule has 0 saturated heterocycles. The highest BCUT2D eigenvalue weighted by atomic mass is 16.6. The van der Waals surface area contributed by atoms with Gasteiger partial charge in [-0.1, -0.05) is 202 Å². The molecule has 90 heavy (non-hydrogen) atoms. The van der Waals surface area contributed by atoms with Crippen molar-refractivity contribution in [2.24, 2.45) is 10.2 Å². The average molecular weight is 1240 g/mol. The van der Waals surface area contributed by atoms with Gasteiger partial charge in [0.25, 0.3) is 23.6 Å². The summed E-state index contributed by atoms with van der Waals surface area (Å²) in [5, 5.41) is 17.7. The van der Waals surface area contributed by atoms with E-state index in [4.69, 9.17) is 9.47 Å². The number of imide groups is 2. The summed E-state index contributed by atoms with van der Waals surface area (Å²) < 4.78 is 19.1. The lowest BCUT2D eigenvalue weighted by Crippen LogP contribution is -2.45. The van der Waals surface area contributed by atoms with Gasteiger partial charge in [0.1, 0.15) is 6.04 Å². The van der Waals surface area contributed by atoms with Gasteiger partial charge < -0.3 is 24.1 Å². The predicted octanol–water partition coefficient (Wildman–Crippen LogP) is 17.0. The maximum Gasteiger partial charge on any atom is 0.452 e. The van der Waals surface area contributed by atoms with Crippen molar-refractivity contribution >= 4 is 47.8 Å². The van der Waals surface area contributed by atoms with Gasteiger partial charge in [-0.15, -0.1) is 0 Å². The lowest BCUT2D eigenvalue weighted by Gasteiger charge is -2.23. The predicted molar refractivity (Wildman–Crippen MR) is 359 cm³/mol. The number of rotatable bonds is 33. The number of fused-ring (bicyclic) bond motifs is 2. The molecule has 17 nitrogen and oxygen atoms in total. The summed E-state index contributed by atoms with van der Waals surface area (Å²) >= 11 is 0. The number of benzene rings is 2. The largest absolute Gasteiger partial charge is 0.464 e. The molecule has 2 heterocycles. The first kappa shape index (κ1) is 81.0. The molecule has 2 unspecified atom stereocenters. The SMILES string of the molecule is C.CC(C)OC(=O)N=NC(=O)OC(C)C.CC/C=C\C/C=C\C/C=C\C/C=C\C/C=C\C/C=C\CC(C(=O)OCC)N1C(=O)c2ccccc2C1=O.CC/C=C\C/C=C\C/C=C\C/C=C\C/C=C\C/C=C\CC(O)C(=O)OCC.O=C1NC(=O)c2ccccc21. The fourth-order valence-electron chi connectivity index (χ4n) is 7.51. The summed E-state index contributed by atoms with van der Waals surface area (Å²) in [5.41, 5.74) is 1.59. The molecule has 17 heteroatoms. The molecule has 0 aliphatic carbocycles. The van der Waals surface area contributed by atoms with E-state index in [2.05, 4.69) is 160 Å². The highest BCUT2D eigenvalue weighted by molar-refractivity contribution is 6.23. The van der Waals surface area contributed by atoms with Crippen LogP contribution in [0.1, 0.15) is 194 Å². The van der Waals surface area contributed by atoms with Crippen LogP contribution in [0.3, 0.4) is 0 Å². The van der Waals surface area contributed by atoms with Gasteiger partial charge in [0.15, 0.2) is 6.10 Å². The molecule has 2 N–H and O–H groups in total. The van der Waals surface area contributed by atoms with Crippen LogP contribution in [0.25, 0.3) is 0 Å². The molecule has 0 fully saturated rings. The quantitative estimate of drug-likeness (QED) is 0.0223. The Labute approximate surface area is 535 Å². The van der Waals surface area contributed by atoms with Crippen molar-refractivity contribution in [3.05, 3.63) is 217 Å². The lowest BCUT2D eigenvalue weighted by atomic mass is 10.1. The number of aliphatic hydroxyl groups excluding tert-OH is 1. The van der Waals surface area contributed by atoms with E-state index in [1.807, 2.05) is 18.2 Å². The van der Waals surface area contributed by atoms with Crippen molar-refractivity contribution in [3.63, 3.8) is 0 Å². The van der Waals surface area contributed by atoms with E-state index in [1.54, 1.807) is 96.1 Å². The van der Waals surface area contributed by atoms with E-state index >= 15 is 0 Å². The minimum Gasteiger partial charge on any atom is -0.464 e. The number of esters is 2. The van der Waals surface area contributed by atoms with Crippen LogP contribution in [0.4, 0.5) is 9.59 Å². The third-order valence-electron chi connectivity index (χ3n) is 11.7. The Hall–Kier alpha value is -8.96. The number of ether oxygens (including phenoxy) is 4. The molecule has 0 aromatic heterocycles. The average Bonchev–Trinajstić information content (AvgIpc) is 1.70. The zero-order valence-corrected chi connectivity index (χ0v) is 53.3. The Kier molecular flexibility index (Phi) is 47.8. The van der Waals surface area contributed by atoms with Gasteiger partial charge in [0.05, 0.1) is 47.7 Å². The molecular formula is C73H98N4O13. The third-order valence-corrected chi connectivity index (χ3v) is 11.7. The lowest BCUT2D eigenvalue weighted by molar-refractivity contribution is -0.152. The van der Waals surface area contributed by atoms with Crippen LogP contribution < -0.4 is 5.32 Å². The topological polar surface area (TPSA) is 234 Å². The summed E-state index contributed by atoms with van der Waals surface area (Å²) in [5.74, 6) is -2.64. The first-order valence-electron chi connectivity index (χ1n) is 30.6. The van der Waals surface area contributed by atoms with Crippen molar-refractivity contribution in [1.29, 1.82) is 0 Å². The highest BCUT2D eigenvalue weighted by Crippen LogP contribution is 2.26. The molecule has 2 aromatic carbocycles. The van der Waals surface area contributed by atoms with Gasteiger partial charge in [-0.25, -0.2) is 19.2 Å². The zero-order chi connectivity index (χ0) is 65.7. The number of aliphatic hydroxyl groups is 1. The minimum absolute atomic E-state index is 0. The van der Waals surface area contributed by atoms with Crippen LogP contribution in [-0.4, -0.2) is 95.3 Å². The smallest absolute Gasteiger partial charge is 0.452 e. The van der Waals surface area contributed by atoms with E-state index in [1.165, 1.54) is 0 Å². The molecule has 2 atom stereocenters. The van der Waals surface area contributed by atoms with Crippen molar-refractivity contribution in [3.8, 4) is 0 Å². The Morgan fingerprint density at radius 1 is 0.433 bits per heavy atom. The molecule has 4 rings (SSSR count). The normalized spacial score (nSPS) is 13.9. The highest BCUT2D eigenvalue weighted by Gasteiger charge is 2.42. The third kappa shape index (κ3) is 38.3. The number of nitrogens with one attached hydrogen (secondary N) is 1. The van der Waals surface area contributed by atoms with Gasteiger partial charge in [-0.3, -0.25) is 29.4 Å². The van der Waals surface area contributed by atoms with E-state index in [-0.39, 0.29) is 44.5 Å². The number of allylic oxidation sites excluding steroid dienone is 22. The van der Waals surface area contributed by atoms with E-state index in [0.29, 0.717) is 41.7 Å². The molecular weight excluding hydrogens is 1140 g/mol. The van der Waals surface area contributed by atoms with Gasteiger partial charge in [-0.05, 0) is 149 Å². The van der Waals surface area contributed by atoms with Crippen LogP contribution in [0.2, 0.25) is 0 Å². The van der Waals surface area contributed by atoms with Crippen LogP contribution in [-0.2, 0) is 28.5 Å². The summed E-state index contributed by atoms with van der Waals surface area (Å²) in [4.78, 5) is 93.8. The fourth-order valence-corrected chi connectivity index (χ4v) is 7.51. The van der Waals surface area contributed by atoms with Crippen molar-refractivity contribution in [2.75, 3.05) is 13.2 Å². The Morgan fingerprint density at radius 2 is 0.711 bits per heavy atom. The van der Waals surface area contributed by atoms with Crippen LogP contribution in [0, 0.1) is 0 Å². The molecule has 0 spiro atoms. The van der Waals surface area contributed by atoms with Gasteiger partial charge in [-0.2, -0.15) is 0 Å². The monoisotopic (exact) mass is 1240 g/mol.